The van der Waals surface area contributed by atoms with Gasteiger partial charge in [0.25, 0.3) is 0 Å². The summed E-state index contributed by atoms with van der Waals surface area (Å²) in [6, 6.07) is 6.75. The molecule has 1 aromatic carbocycles. The highest BCUT2D eigenvalue weighted by molar-refractivity contribution is 9.09. The Kier molecular flexibility index (Phi) is 2.30. The molecule has 0 radical (unpaired) electrons. The van der Waals surface area contributed by atoms with Crippen LogP contribution in [-0.2, 0) is 6.42 Å². The van der Waals surface area contributed by atoms with Gasteiger partial charge in [-0.1, -0.05) is 28.1 Å². The van der Waals surface area contributed by atoms with Crippen LogP contribution < -0.4 is 4.74 Å². The Labute approximate surface area is 111 Å². The minimum absolute atomic E-state index is 0.557. The van der Waals surface area contributed by atoms with E-state index in [1.54, 1.807) is 0 Å². The summed E-state index contributed by atoms with van der Waals surface area (Å²) >= 11 is 3.93. The van der Waals surface area contributed by atoms with Crippen molar-refractivity contribution in [1.29, 1.82) is 0 Å². The first-order valence-corrected chi connectivity index (χ1v) is 7.62. The zero-order valence-corrected chi connectivity index (χ0v) is 11.4. The first-order chi connectivity index (χ1) is 8.31. The maximum atomic E-state index is 5.57. The summed E-state index contributed by atoms with van der Waals surface area (Å²) in [6.07, 6.45) is 5.47. The number of hydrogen-bond donors (Lipinski definition) is 0. The van der Waals surface area contributed by atoms with Crippen LogP contribution in [0, 0.1) is 17.8 Å². The third-order valence-corrected chi connectivity index (χ3v) is 6.00. The lowest BCUT2D eigenvalue weighted by Crippen LogP contribution is -2.05. The average Bonchev–Trinajstić information content (AvgIpc) is 2.82. The van der Waals surface area contributed by atoms with Crippen molar-refractivity contribution >= 4 is 15.9 Å². The second-order valence-corrected chi connectivity index (χ2v) is 6.84. The molecule has 1 aromatic rings. The molecular weight excluding hydrogens is 276 g/mol. The highest BCUT2D eigenvalue weighted by Crippen LogP contribution is 2.58. The highest BCUT2D eigenvalue weighted by Gasteiger charge is 2.47. The zero-order chi connectivity index (χ0) is 11.4. The third-order valence-electron chi connectivity index (χ3n) is 4.73. The molecule has 2 fully saturated rings. The summed E-state index contributed by atoms with van der Waals surface area (Å²) in [5, 5.41) is 0. The number of ether oxygens (including phenoxy) is 1. The van der Waals surface area contributed by atoms with Crippen LogP contribution in [0.2, 0.25) is 0 Å². The molecular formula is C15H17BrO. The molecule has 2 aliphatic carbocycles. The van der Waals surface area contributed by atoms with Crippen LogP contribution in [0.1, 0.15) is 35.2 Å². The topological polar surface area (TPSA) is 9.23 Å². The van der Waals surface area contributed by atoms with Gasteiger partial charge < -0.3 is 4.74 Å². The number of benzene rings is 1. The van der Waals surface area contributed by atoms with Gasteiger partial charge in [0.15, 0.2) is 0 Å². The van der Waals surface area contributed by atoms with Crippen molar-refractivity contribution in [2.45, 2.75) is 30.5 Å². The normalized spacial score (nSPS) is 35.0. The Morgan fingerprint density at radius 1 is 1.18 bits per heavy atom. The SMILES string of the molecule is BrC(c1ccc2c(c1)CCO2)C1CC2CC2C1. The van der Waals surface area contributed by atoms with E-state index >= 15 is 0 Å². The van der Waals surface area contributed by atoms with E-state index in [1.807, 2.05) is 0 Å². The van der Waals surface area contributed by atoms with Gasteiger partial charge in [-0.25, -0.2) is 0 Å². The third kappa shape index (κ3) is 1.72. The van der Waals surface area contributed by atoms with Gasteiger partial charge in [-0.15, -0.1) is 0 Å². The summed E-state index contributed by atoms with van der Waals surface area (Å²) in [7, 11) is 0. The van der Waals surface area contributed by atoms with Crippen molar-refractivity contribution < 1.29 is 4.74 Å². The largest absolute Gasteiger partial charge is 0.493 e. The fourth-order valence-corrected chi connectivity index (χ4v) is 4.37. The molecule has 3 unspecified atom stereocenters. The van der Waals surface area contributed by atoms with Gasteiger partial charge in [-0.05, 0) is 54.2 Å². The molecule has 3 atom stereocenters. The van der Waals surface area contributed by atoms with Gasteiger partial charge in [-0.2, -0.15) is 0 Å². The first kappa shape index (κ1) is 10.4. The molecule has 0 saturated heterocycles. The van der Waals surface area contributed by atoms with Crippen molar-refractivity contribution in [1.82, 2.24) is 0 Å². The van der Waals surface area contributed by atoms with Crippen LogP contribution in [-0.4, -0.2) is 6.61 Å². The van der Waals surface area contributed by atoms with E-state index < -0.39 is 0 Å². The molecule has 1 heterocycles. The van der Waals surface area contributed by atoms with Gasteiger partial charge in [-0.3, -0.25) is 0 Å². The number of halogens is 1. The number of fused-ring (bicyclic) bond motifs is 2. The second kappa shape index (κ2) is 3.74. The molecule has 0 bridgehead atoms. The molecule has 3 aliphatic rings. The Morgan fingerprint density at radius 3 is 2.82 bits per heavy atom. The Hall–Kier alpha value is -0.500. The Bertz CT molecular complexity index is 446. The quantitative estimate of drug-likeness (QED) is 0.746. The molecule has 0 amide bonds. The summed E-state index contributed by atoms with van der Waals surface area (Å²) in [5.41, 5.74) is 2.86. The van der Waals surface area contributed by atoms with Gasteiger partial charge >= 0.3 is 0 Å². The maximum Gasteiger partial charge on any atom is 0.122 e. The molecule has 2 heteroatoms. The van der Waals surface area contributed by atoms with E-state index in [4.69, 9.17) is 4.74 Å². The smallest absolute Gasteiger partial charge is 0.122 e. The minimum Gasteiger partial charge on any atom is -0.493 e. The zero-order valence-electron chi connectivity index (χ0n) is 9.86. The monoisotopic (exact) mass is 292 g/mol. The van der Waals surface area contributed by atoms with E-state index in [0.717, 1.165) is 36.5 Å². The predicted molar refractivity (Wildman–Crippen MR) is 71.6 cm³/mol. The van der Waals surface area contributed by atoms with Crippen molar-refractivity contribution in [2.75, 3.05) is 6.61 Å². The molecule has 0 aromatic heterocycles. The highest BCUT2D eigenvalue weighted by atomic mass is 79.9. The summed E-state index contributed by atoms with van der Waals surface area (Å²) < 4.78 is 5.57. The van der Waals surface area contributed by atoms with E-state index in [1.165, 1.54) is 30.4 Å². The standard InChI is InChI=1S/C15H17BrO/c16-15(13-7-11-6-12(11)8-13)10-1-2-14-9(5-10)3-4-17-14/h1-2,5,11-13,15H,3-4,6-8H2. The Balaban J connectivity index is 1.57. The predicted octanol–water partition coefficient (Wildman–Crippen LogP) is 4.10. The number of alkyl halides is 1. The van der Waals surface area contributed by atoms with E-state index in [9.17, 15) is 0 Å². The van der Waals surface area contributed by atoms with E-state index in [2.05, 4.69) is 34.1 Å². The fraction of sp³-hybridized carbons (Fsp3) is 0.600. The Morgan fingerprint density at radius 2 is 2.00 bits per heavy atom. The fourth-order valence-electron chi connectivity index (χ4n) is 3.65. The van der Waals surface area contributed by atoms with Crippen LogP contribution in [0.15, 0.2) is 18.2 Å². The van der Waals surface area contributed by atoms with Crippen molar-refractivity contribution in [2.24, 2.45) is 17.8 Å². The van der Waals surface area contributed by atoms with Crippen LogP contribution in [0.3, 0.4) is 0 Å². The van der Waals surface area contributed by atoms with E-state index in [-0.39, 0.29) is 0 Å². The van der Waals surface area contributed by atoms with Crippen LogP contribution in [0.5, 0.6) is 5.75 Å². The molecule has 1 aliphatic heterocycles. The molecule has 17 heavy (non-hydrogen) atoms. The van der Waals surface area contributed by atoms with Crippen LogP contribution in [0.4, 0.5) is 0 Å². The number of hydrogen-bond acceptors (Lipinski definition) is 1. The summed E-state index contributed by atoms with van der Waals surface area (Å²) in [6.45, 7) is 0.860. The van der Waals surface area contributed by atoms with Gasteiger partial charge in [0.1, 0.15) is 5.75 Å². The van der Waals surface area contributed by atoms with Crippen LogP contribution in [0.25, 0.3) is 0 Å². The molecule has 4 rings (SSSR count). The average molecular weight is 293 g/mol. The lowest BCUT2D eigenvalue weighted by Gasteiger charge is -2.19. The molecule has 2 saturated carbocycles. The molecule has 0 spiro atoms. The van der Waals surface area contributed by atoms with Crippen molar-refractivity contribution in [3.63, 3.8) is 0 Å². The summed E-state index contributed by atoms with van der Waals surface area (Å²) in [5.74, 6) is 4.09. The first-order valence-electron chi connectivity index (χ1n) is 6.71. The van der Waals surface area contributed by atoms with Crippen molar-refractivity contribution in [3.05, 3.63) is 29.3 Å². The maximum absolute atomic E-state index is 5.57. The number of rotatable bonds is 2. The molecule has 90 valence electrons. The molecule has 0 N–H and O–H groups in total. The van der Waals surface area contributed by atoms with Gasteiger partial charge in [0.05, 0.1) is 6.61 Å². The second-order valence-electron chi connectivity index (χ2n) is 5.85. The lowest BCUT2D eigenvalue weighted by molar-refractivity contribution is 0.356. The summed E-state index contributed by atoms with van der Waals surface area (Å²) in [4.78, 5) is 0.557. The minimum atomic E-state index is 0.557. The van der Waals surface area contributed by atoms with Gasteiger partial charge in [0.2, 0.25) is 0 Å². The lowest BCUT2D eigenvalue weighted by atomic mass is 9.93. The van der Waals surface area contributed by atoms with Crippen molar-refractivity contribution in [3.8, 4) is 5.75 Å². The van der Waals surface area contributed by atoms with Crippen LogP contribution >= 0.6 is 15.9 Å². The van der Waals surface area contributed by atoms with E-state index in [0.29, 0.717) is 4.83 Å². The van der Waals surface area contributed by atoms with Gasteiger partial charge in [0, 0.05) is 11.2 Å². The molecule has 1 nitrogen and oxygen atoms in total.